The van der Waals surface area contributed by atoms with E-state index < -0.39 is 0 Å². The van der Waals surface area contributed by atoms with Crippen molar-refractivity contribution in [1.82, 2.24) is 19.8 Å². The van der Waals surface area contributed by atoms with Gasteiger partial charge >= 0.3 is 6.01 Å². The zero-order valence-electron chi connectivity index (χ0n) is 22.3. The molecule has 3 heterocycles. The molecule has 2 aliphatic carbocycles. The van der Waals surface area contributed by atoms with E-state index in [0.717, 1.165) is 56.7 Å². The van der Waals surface area contributed by atoms with Crippen LogP contribution in [0, 0.1) is 0 Å². The Morgan fingerprint density at radius 2 is 2.03 bits per heavy atom. The Morgan fingerprint density at radius 1 is 1.19 bits per heavy atom. The lowest BCUT2D eigenvalue weighted by Crippen LogP contribution is -2.54. The average molecular weight is 502 g/mol. The lowest BCUT2D eigenvalue weighted by Gasteiger charge is -2.42. The number of carbonyl (C=O) groups is 1. The SMILES string of the molecule is C=CC(=O)N1CCN(c2nc(OC[C@@H]3CCCN3C)nc3c2CCC2(CCc4ccccc42)C3)[C@@H](C)C1. The van der Waals surface area contributed by atoms with E-state index in [1.807, 2.05) is 4.90 Å². The molecule has 7 nitrogen and oxygen atoms in total. The van der Waals surface area contributed by atoms with Crippen LogP contribution < -0.4 is 9.64 Å². The van der Waals surface area contributed by atoms with Gasteiger partial charge in [-0.2, -0.15) is 9.97 Å². The molecule has 3 atom stereocenters. The van der Waals surface area contributed by atoms with E-state index in [1.54, 1.807) is 0 Å². The second-order valence-corrected chi connectivity index (χ2v) is 11.5. The normalized spacial score (nSPS) is 27.3. The Labute approximate surface area is 220 Å². The molecule has 0 radical (unpaired) electrons. The Hall–Kier alpha value is -2.93. The molecule has 6 rings (SSSR count). The van der Waals surface area contributed by atoms with E-state index >= 15 is 0 Å². The molecule has 1 aromatic heterocycles. The minimum Gasteiger partial charge on any atom is -0.462 e. The lowest BCUT2D eigenvalue weighted by molar-refractivity contribution is -0.126. The Bertz CT molecular complexity index is 1200. The third-order valence-electron chi connectivity index (χ3n) is 9.33. The monoisotopic (exact) mass is 501 g/mol. The summed E-state index contributed by atoms with van der Waals surface area (Å²) in [6, 6.07) is 10.1. The van der Waals surface area contributed by atoms with Gasteiger partial charge in [0.05, 0.1) is 5.69 Å². The molecule has 2 aliphatic heterocycles. The van der Waals surface area contributed by atoms with Crippen LogP contribution in [0.3, 0.4) is 0 Å². The number of rotatable bonds is 5. The number of carbonyl (C=O) groups excluding carboxylic acids is 1. The largest absolute Gasteiger partial charge is 0.462 e. The number of anilines is 1. The summed E-state index contributed by atoms with van der Waals surface area (Å²) in [6.45, 7) is 9.70. The molecule has 4 aliphatic rings. The number of nitrogens with zero attached hydrogens (tertiary/aromatic N) is 5. The minimum absolute atomic E-state index is 0.00256. The molecule has 2 saturated heterocycles. The van der Waals surface area contributed by atoms with Crippen LogP contribution in [0.1, 0.15) is 55.0 Å². The van der Waals surface area contributed by atoms with E-state index in [9.17, 15) is 4.79 Å². The first-order valence-electron chi connectivity index (χ1n) is 14.0. The van der Waals surface area contributed by atoms with Gasteiger partial charge in [0.2, 0.25) is 5.91 Å². The fourth-order valence-corrected chi connectivity index (χ4v) is 7.14. The zero-order valence-corrected chi connectivity index (χ0v) is 22.3. The fourth-order valence-electron chi connectivity index (χ4n) is 7.14. The van der Waals surface area contributed by atoms with Gasteiger partial charge in [0.25, 0.3) is 0 Å². The number of aryl methyl sites for hydroxylation is 1. The molecule has 0 N–H and O–H groups in total. The summed E-state index contributed by atoms with van der Waals surface area (Å²) >= 11 is 0. The van der Waals surface area contributed by atoms with E-state index in [1.165, 1.54) is 35.6 Å². The quantitative estimate of drug-likeness (QED) is 0.584. The van der Waals surface area contributed by atoms with Crippen LogP contribution in [0.2, 0.25) is 0 Å². The summed E-state index contributed by atoms with van der Waals surface area (Å²) in [5.74, 6) is 1.02. The number of ether oxygens (including phenoxy) is 1. The summed E-state index contributed by atoms with van der Waals surface area (Å²) in [5.41, 5.74) is 5.60. The molecule has 37 heavy (non-hydrogen) atoms. The Morgan fingerprint density at radius 3 is 2.81 bits per heavy atom. The number of hydrogen-bond acceptors (Lipinski definition) is 6. The molecule has 2 fully saturated rings. The van der Waals surface area contributed by atoms with Gasteiger partial charge in [-0.1, -0.05) is 30.8 Å². The molecule has 1 amide bonds. The van der Waals surface area contributed by atoms with Crippen molar-refractivity contribution in [3.63, 3.8) is 0 Å². The number of benzene rings is 1. The van der Waals surface area contributed by atoms with Crippen molar-refractivity contribution in [1.29, 1.82) is 0 Å². The lowest BCUT2D eigenvalue weighted by atomic mass is 9.69. The average Bonchev–Trinajstić information content (AvgIpc) is 3.49. The number of piperazine rings is 1. The first-order valence-corrected chi connectivity index (χ1v) is 14.0. The van der Waals surface area contributed by atoms with Crippen molar-refractivity contribution in [2.75, 3.05) is 44.7 Å². The second kappa shape index (κ2) is 9.75. The second-order valence-electron chi connectivity index (χ2n) is 11.5. The highest BCUT2D eigenvalue weighted by atomic mass is 16.5. The van der Waals surface area contributed by atoms with Crippen molar-refractivity contribution in [2.24, 2.45) is 0 Å². The molecule has 0 bridgehead atoms. The topological polar surface area (TPSA) is 61.8 Å². The number of aromatic nitrogens is 2. The predicted octanol–water partition coefficient (Wildman–Crippen LogP) is 3.55. The molecular weight excluding hydrogens is 462 g/mol. The van der Waals surface area contributed by atoms with Crippen LogP contribution in [0.5, 0.6) is 6.01 Å². The van der Waals surface area contributed by atoms with Gasteiger partial charge in [0.15, 0.2) is 0 Å². The van der Waals surface area contributed by atoms with Crippen LogP contribution in [-0.4, -0.2) is 77.6 Å². The molecule has 196 valence electrons. The van der Waals surface area contributed by atoms with Gasteiger partial charge in [-0.15, -0.1) is 0 Å². The van der Waals surface area contributed by atoms with Crippen molar-refractivity contribution >= 4 is 11.7 Å². The summed E-state index contributed by atoms with van der Waals surface area (Å²) < 4.78 is 6.32. The van der Waals surface area contributed by atoms with Crippen LogP contribution in [0.4, 0.5) is 5.82 Å². The Kier molecular flexibility index (Phi) is 6.43. The predicted molar refractivity (Wildman–Crippen MR) is 145 cm³/mol. The molecule has 1 aromatic carbocycles. The maximum Gasteiger partial charge on any atom is 0.318 e. The Balaban J connectivity index is 1.33. The molecular formula is C30H39N5O2. The van der Waals surface area contributed by atoms with Gasteiger partial charge in [-0.3, -0.25) is 4.79 Å². The number of fused-ring (bicyclic) bond motifs is 3. The van der Waals surface area contributed by atoms with Crippen LogP contribution >= 0.6 is 0 Å². The maximum absolute atomic E-state index is 12.3. The van der Waals surface area contributed by atoms with E-state index in [-0.39, 0.29) is 17.4 Å². The third-order valence-corrected chi connectivity index (χ3v) is 9.33. The third kappa shape index (κ3) is 4.41. The van der Waals surface area contributed by atoms with Crippen molar-refractivity contribution in [2.45, 2.75) is 69.4 Å². The van der Waals surface area contributed by atoms with Crippen LogP contribution in [-0.2, 0) is 29.5 Å². The number of likely N-dealkylation sites (N-methyl/N-ethyl adjacent to an activating group) is 1. The number of likely N-dealkylation sites (tertiary alicyclic amines) is 1. The van der Waals surface area contributed by atoms with Gasteiger partial charge in [-0.05, 0) is 82.7 Å². The number of amides is 1. The van der Waals surface area contributed by atoms with Gasteiger partial charge in [-0.25, -0.2) is 0 Å². The van der Waals surface area contributed by atoms with Crippen LogP contribution in [0.15, 0.2) is 36.9 Å². The first kappa shape index (κ1) is 24.4. The van der Waals surface area contributed by atoms with E-state index in [4.69, 9.17) is 14.7 Å². The van der Waals surface area contributed by atoms with Crippen molar-refractivity contribution in [3.05, 3.63) is 59.3 Å². The fraction of sp³-hybridized carbons (Fsp3) is 0.567. The summed E-state index contributed by atoms with van der Waals surface area (Å²) in [4.78, 5) is 29.0. The standard InChI is InChI=1S/C30H39N5O2/c1-4-27(36)34-16-17-35(21(2)19-34)28-24-12-14-30(13-11-22-8-5-6-10-25(22)30)18-26(24)31-29(32-28)37-20-23-9-7-15-33(23)3/h4-6,8,10,21,23H,1,7,9,11-20H2,2-3H3/t21-,23-,30?/m0/s1. The smallest absolute Gasteiger partial charge is 0.318 e. The van der Waals surface area contributed by atoms with Crippen LogP contribution in [0.25, 0.3) is 0 Å². The van der Waals surface area contributed by atoms with Gasteiger partial charge in [0.1, 0.15) is 12.4 Å². The number of hydrogen-bond donors (Lipinski definition) is 0. The first-order chi connectivity index (χ1) is 18.0. The molecule has 2 aromatic rings. The highest BCUT2D eigenvalue weighted by Crippen LogP contribution is 2.48. The zero-order chi connectivity index (χ0) is 25.6. The molecule has 1 unspecified atom stereocenters. The molecule has 1 spiro atoms. The molecule has 0 saturated carbocycles. The molecule has 7 heteroatoms. The van der Waals surface area contributed by atoms with E-state index in [0.29, 0.717) is 31.7 Å². The van der Waals surface area contributed by atoms with Crippen molar-refractivity contribution in [3.8, 4) is 6.01 Å². The minimum atomic E-state index is 0.00256. The van der Waals surface area contributed by atoms with Gasteiger partial charge < -0.3 is 19.4 Å². The summed E-state index contributed by atoms with van der Waals surface area (Å²) in [5, 5.41) is 0. The highest BCUT2D eigenvalue weighted by molar-refractivity contribution is 5.87. The van der Waals surface area contributed by atoms with Crippen molar-refractivity contribution < 1.29 is 9.53 Å². The van der Waals surface area contributed by atoms with E-state index in [2.05, 4.69) is 54.6 Å². The highest BCUT2D eigenvalue weighted by Gasteiger charge is 2.43. The summed E-state index contributed by atoms with van der Waals surface area (Å²) in [6.07, 6.45) is 9.17. The van der Waals surface area contributed by atoms with Gasteiger partial charge in [0, 0.05) is 42.7 Å². The summed E-state index contributed by atoms with van der Waals surface area (Å²) in [7, 11) is 2.17. The maximum atomic E-state index is 12.3.